The van der Waals surface area contributed by atoms with Crippen molar-refractivity contribution >= 4 is 17.6 Å². The number of amides is 3. The van der Waals surface area contributed by atoms with E-state index in [-0.39, 0.29) is 18.0 Å². The van der Waals surface area contributed by atoms with E-state index in [1.165, 1.54) is 17.6 Å². The van der Waals surface area contributed by atoms with E-state index in [2.05, 4.69) is 29.7 Å². The largest absolute Gasteiger partial charge is 0.495 e. The molecule has 0 aromatic heterocycles. The molecule has 0 aliphatic carbocycles. The van der Waals surface area contributed by atoms with Crippen molar-refractivity contribution in [2.75, 3.05) is 26.5 Å². The lowest BCUT2D eigenvalue weighted by Gasteiger charge is -2.17. The van der Waals surface area contributed by atoms with Crippen LogP contribution in [0.2, 0.25) is 0 Å². The summed E-state index contributed by atoms with van der Waals surface area (Å²) < 4.78 is 5.29. The molecule has 0 radical (unpaired) electrons. The van der Waals surface area contributed by atoms with Crippen LogP contribution in [0.15, 0.2) is 42.5 Å². The van der Waals surface area contributed by atoms with Gasteiger partial charge in [0.2, 0.25) is 0 Å². The molecule has 1 unspecified atom stereocenters. The molecule has 0 saturated heterocycles. The van der Waals surface area contributed by atoms with Gasteiger partial charge in [-0.1, -0.05) is 31.2 Å². The highest BCUT2D eigenvalue weighted by Gasteiger charge is 2.15. The van der Waals surface area contributed by atoms with E-state index in [9.17, 15) is 9.59 Å². The van der Waals surface area contributed by atoms with E-state index in [1.54, 1.807) is 32.3 Å². The molecule has 0 spiro atoms. The summed E-state index contributed by atoms with van der Waals surface area (Å²) in [5.41, 5.74) is 3.18. The smallest absolute Gasteiger partial charge is 0.319 e. The van der Waals surface area contributed by atoms with Gasteiger partial charge in [-0.3, -0.25) is 4.79 Å². The molecular weight excluding hydrogens is 342 g/mol. The summed E-state index contributed by atoms with van der Waals surface area (Å²) in [6.45, 7) is 4.02. The van der Waals surface area contributed by atoms with Gasteiger partial charge >= 0.3 is 6.03 Å². The zero-order valence-corrected chi connectivity index (χ0v) is 16.5. The maximum Gasteiger partial charge on any atom is 0.319 e. The molecule has 0 aliphatic heterocycles. The summed E-state index contributed by atoms with van der Waals surface area (Å²) in [4.78, 5) is 26.1. The summed E-state index contributed by atoms with van der Waals surface area (Å²) in [5, 5.41) is 5.68. The second-order valence-electron chi connectivity index (χ2n) is 6.53. The minimum absolute atomic E-state index is 0.148. The summed E-state index contributed by atoms with van der Waals surface area (Å²) in [6.07, 6.45) is 0.977. The molecule has 0 aliphatic rings. The highest BCUT2D eigenvalue weighted by molar-refractivity contribution is 5.97. The Hall–Kier alpha value is -3.02. The van der Waals surface area contributed by atoms with Gasteiger partial charge in [-0.25, -0.2) is 4.79 Å². The molecule has 2 N–H and O–H groups in total. The molecule has 144 valence electrons. The fraction of sp³-hybridized carbons (Fsp3) is 0.333. The van der Waals surface area contributed by atoms with Gasteiger partial charge < -0.3 is 20.3 Å². The third-order valence-corrected chi connectivity index (χ3v) is 4.34. The van der Waals surface area contributed by atoms with Crippen molar-refractivity contribution in [3.05, 3.63) is 59.2 Å². The minimum Gasteiger partial charge on any atom is -0.495 e. The first kappa shape index (κ1) is 20.3. The van der Waals surface area contributed by atoms with Crippen LogP contribution in [0.3, 0.4) is 0 Å². The van der Waals surface area contributed by atoms with Gasteiger partial charge in [0.05, 0.1) is 18.8 Å². The topological polar surface area (TPSA) is 70.7 Å². The molecule has 27 heavy (non-hydrogen) atoms. The fourth-order valence-electron chi connectivity index (χ4n) is 2.68. The number of carbonyl (C=O) groups excluding carboxylic acids is 2. The monoisotopic (exact) mass is 369 g/mol. The second-order valence-corrected chi connectivity index (χ2v) is 6.53. The van der Waals surface area contributed by atoms with E-state index in [0.717, 1.165) is 12.0 Å². The van der Waals surface area contributed by atoms with Crippen LogP contribution >= 0.6 is 0 Å². The van der Waals surface area contributed by atoms with E-state index in [0.29, 0.717) is 17.0 Å². The Kier molecular flexibility index (Phi) is 6.82. The first-order chi connectivity index (χ1) is 12.8. The first-order valence-corrected chi connectivity index (χ1v) is 8.91. The Morgan fingerprint density at radius 1 is 1.11 bits per heavy atom. The average Bonchev–Trinajstić information content (AvgIpc) is 2.67. The van der Waals surface area contributed by atoms with Crippen molar-refractivity contribution in [1.82, 2.24) is 10.2 Å². The predicted molar refractivity (Wildman–Crippen MR) is 107 cm³/mol. The van der Waals surface area contributed by atoms with Crippen LogP contribution in [-0.4, -0.2) is 38.0 Å². The number of rotatable bonds is 6. The number of nitrogens with zero attached hydrogens (tertiary/aromatic N) is 1. The number of ether oxygens (including phenoxy) is 1. The molecule has 0 bridgehead atoms. The summed E-state index contributed by atoms with van der Waals surface area (Å²) in [5.74, 6) is 0.339. The predicted octanol–water partition coefficient (Wildman–Crippen LogP) is 3.84. The minimum atomic E-state index is -0.366. The number of benzene rings is 2. The Morgan fingerprint density at radius 2 is 1.78 bits per heavy atom. The van der Waals surface area contributed by atoms with Crippen molar-refractivity contribution < 1.29 is 14.3 Å². The molecule has 6 heteroatoms. The second kappa shape index (κ2) is 9.07. The van der Waals surface area contributed by atoms with Crippen molar-refractivity contribution in [3.8, 4) is 5.75 Å². The molecule has 2 rings (SSSR count). The highest BCUT2D eigenvalue weighted by Crippen LogP contribution is 2.26. The third-order valence-electron chi connectivity index (χ3n) is 4.34. The number of methoxy groups -OCH3 is 1. The van der Waals surface area contributed by atoms with Gasteiger partial charge in [0.25, 0.3) is 5.91 Å². The number of anilines is 1. The number of hydrogen-bond donors (Lipinski definition) is 2. The quantitative estimate of drug-likeness (QED) is 0.813. The van der Waals surface area contributed by atoms with Crippen LogP contribution < -0.4 is 15.4 Å². The molecule has 3 amide bonds. The molecule has 2 aromatic carbocycles. The number of hydrogen-bond acceptors (Lipinski definition) is 3. The maximum atomic E-state index is 12.4. The molecule has 0 fully saturated rings. The molecule has 0 heterocycles. The van der Waals surface area contributed by atoms with Gasteiger partial charge in [0.1, 0.15) is 5.75 Å². The average molecular weight is 369 g/mol. The first-order valence-electron chi connectivity index (χ1n) is 8.91. The lowest BCUT2D eigenvalue weighted by Crippen LogP contribution is -2.31. The fourth-order valence-corrected chi connectivity index (χ4v) is 2.68. The maximum absolute atomic E-state index is 12.4. The zero-order chi connectivity index (χ0) is 20.0. The summed E-state index contributed by atoms with van der Waals surface area (Å²) in [6, 6.07) is 12.6. The number of nitrogens with one attached hydrogen (secondary N) is 2. The lowest BCUT2D eigenvalue weighted by atomic mass is 10.1. The lowest BCUT2D eigenvalue weighted by molar-refractivity contribution is 0.0827. The zero-order valence-electron chi connectivity index (χ0n) is 16.5. The van der Waals surface area contributed by atoms with Crippen molar-refractivity contribution in [1.29, 1.82) is 0 Å². The summed E-state index contributed by atoms with van der Waals surface area (Å²) >= 11 is 0. The van der Waals surface area contributed by atoms with Crippen molar-refractivity contribution in [2.45, 2.75) is 26.3 Å². The number of carbonyl (C=O) groups is 2. The van der Waals surface area contributed by atoms with Gasteiger partial charge in [-0.15, -0.1) is 0 Å². The Morgan fingerprint density at radius 3 is 2.33 bits per heavy atom. The third kappa shape index (κ3) is 5.23. The Bertz CT molecular complexity index is 801. The normalized spacial score (nSPS) is 11.4. The van der Waals surface area contributed by atoms with Gasteiger partial charge in [-0.05, 0) is 42.7 Å². The van der Waals surface area contributed by atoms with Crippen LogP contribution in [0.25, 0.3) is 0 Å². The Labute approximate surface area is 160 Å². The standard InChI is InChI=1S/C21H27N3O3/c1-6-15-7-9-16(10-8-15)14(2)22-21(26)23-18-13-17(20(25)24(3)4)11-12-19(18)27-5/h7-14H,6H2,1-5H3,(H2,22,23,26). The molecule has 2 aromatic rings. The SMILES string of the molecule is CCc1ccc(C(C)NC(=O)Nc2cc(C(=O)N(C)C)ccc2OC)cc1. The molecular formula is C21H27N3O3. The van der Waals surface area contributed by atoms with E-state index in [4.69, 9.17) is 4.74 Å². The van der Waals surface area contributed by atoms with E-state index < -0.39 is 0 Å². The van der Waals surface area contributed by atoms with Crippen LogP contribution in [0.1, 0.15) is 41.4 Å². The molecule has 0 saturated carbocycles. The Balaban J connectivity index is 2.11. The van der Waals surface area contributed by atoms with Crippen molar-refractivity contribution in [3.63, 3.8) is 0 Å². The van der Waals surface area contributed by atoms with Gasteiger partial charge in [0, 0.05) is 19.7 Å². The van der Waals surface area contributed by atoms with Crippen LogP contribution in [-0.2, 0) is 6.42 Å². The number of aryl methyl sites for hydroxylation is 1. The van der Waals surface area contributed by atoms with Crippen LogP contribution in [0.4, 0.5) is 10.5 Å². The van der Waals surface area contributed by atoms with E-state index in [1.807, 2.05) is 19.1 Å². The summed E-state index contributed by atoms with van der Waals surface area (Å²) in [7, 11) is 4.87. The van der Waals surface area contributed by atoms with Gasteiger partial charge in [-0.2, -0.15) is 0 Å². The molecule has 6 nitrogen and oxygen atoms in total. The van der Waals surface area contributed by atoms with Gasteiger partial charge in [0.15, 0.2) is 0 Å². The van der Waals surface area contributed by atoms with Crippen LogP contribution in [0, 0.1) is 0 Å². The highest BCUT2D eigenvalue weighted by atomic mass is 16.5. The van der Waals surface area contributed by atoms with Crippen molar-refractivity contribution in [2.24, 2.45) is 0 Å². The van der Waals surface area contributed by atoms with Crippen LogP contribution in [0.5, 0.6) is 5.75 Å². The molecule has 1 atom stereocenters. The number of urea groups is 1. The van der Waals surface area contributed by atoms with E-state index >= 15 is 0 Å².